The van der Waals surface area contributed by atoms with Crippen molar-refractivity contribution in [2.45, 2.75) is 39.4 Å². The van der Waals surface area contributed by atoms with Crippen LogP contribution in [0.2, 0.25) is 0 Å². The molecule has 0 saturated carbocycles. The van der Waals surface area contributed by atoms with Gasteiger partial charge in [0, 0.05) is 24.7 Å². The summed E-state index contributed by atoms with van der Waals surface area (Å²) in [5.41, 5.74) is -1.31. The molecule has 0 bridgehead atoms. The van der Waals surface area contributed by atoms with Crippen LogP contribution in [0.25, 0.3) is 0 Å². The van der Waals surface area contributed by atoms with Crippen LogP contribution in [0.4, 0.5) is 13.2 Å². The Morgan fingerprint density at radius 3 is 2.47 bits per heavy atom. The molecule has 2 rings (SSSR count). The summed E-state index contributed by atoms with van der Waals surface area (Å²) < 4.78 is 44.6. The van der Waals surface area contributed by atoms with E-state index in [1.54, 1.807) is 31.2 Å². The Morgan fingerprint density at radius 1 is 1.23 bits per heavy atom. The topological polar surface area (TPSA) is 87.3 Å². The maximum Gasteiger partial charge on any atom is 0.433 e. The average molecular weight is 426 g/mol. The van der Waals surface area contributed by atoms with Crippen molar-refractivity contribution >= 4 is 11.8 Å². The molecule has 1 aromatic carbocycles. The van der Waals surface area contributed by atoms with Gasteiger partial charge in [-0.3, -0.25) is 14.7 Å². The maximum absolute atomic E-state index is 13.1. The number of hydrogen-bond donors (Lipinski definition) is 2. The summed E-state index contributed by atoms with van der Waals surface area (Å²) in [6.07, 6.45) is -3.30. The van der Waals surface area contributed by atoms with Gasteiger partial charge in [0.05, 0.1) is 18.4 Å². The number of alkyl halides is 3. The van der Waals surface area contributed by atoms with Crippen molar-refractivity contribution in [1.29, 1.82) is 0 Å². The Labute approximate surface area is 172 Å². The number of ether oxygens (including phenoxy) is 1. The highest BCUT2D eigenvalue weighted by Crippen LogP contribution is 2.30. The number of aromatic nitrogens is 2. The summed E-state index contributed by atoms with van der Waals surface area (Å²) in [6.45, 7) is 6.06. The minimum atomic E-state index is -4.72. The number of carbonyl (C=O) groups is 2. The van der Waals surface area contributed by atoms with Crippen LogP contribution in [0.5, 0.6) is 5.75 Å². The van der Waals surface area contributed by atoms with Crippen molar-refractivity contribution in [3.05, 3.63) is 47.3 Å². The molecule has 1 atom stereocenters. The van der Waals surface area contributed by atoms with Crippen LogP contribution in [0.3, 0.4) is 0 Å². The summed E-state index contributed by atoms with van der Waals surface area (Å²) in [5.74, 6) is -0.502. The third-order valence-corrected chi connectivity index (χ3v) is 4.60. The van der Waals surface area contributed by atoms with Gasteiger partial charge in [-0.15, -0.1) is 0 Å². The molecule has 0 aliphatic heterocycles. The standard InChI is InChI=1S/C20H25F3N4O3/c1-4-13(3)27(19(29)16-12-25-26-17(16)20(21,22)23)11-10-24-18(28)14-6-8-15(9-7-14)30-5-2/h6-9,12-13H,4-5,10-11H2,1-3H3,(H,24,28)(H,25,26). The zero-order chi connectivity index (χ0) is 22.3. The van der Waals surface area contributed by atoms with Gasteiger partial charge in [-0.05, 0) is 44.5 Å². The SMILES string of the molecule is CCOc1ccc(C(=O)NCCN(C(=O)c2cn[nH]c2C(F)(F)F)C(C)CC)cc1. The van der Waals surface area contributed by atoms with E-state index in [9.17, 15) is 22.8 Å². The van der Waals surface area contributed by atoms with Gasteiger partial charge < -0.3 is 15.0 Å². The van der Waals surface area contributed by atoms with E-state index in [1.807, 2.05) is 18.9 Å². The van der Waals surface area contributed by atoms with Crippen molar-refractivity contribution < 1.29 is 27.5 Å². The van der Waals surface area contributed by atoms with E-state index >= 15 is 0 Å². The first-order chi connectivity index (χ1) is 14.2. The van der Waals surface area contributed by atoms with Crippen LogP contribution in [0, 0.1) is 0 Å². The second-order valence-corrected chi connectivity index (χ2v) is 6.63. The second-order valence-electron chi connectivity index (χ2n) is 6.63. The maximum atomic E-state index is 13.1. The van der Waals surface area contributed by atoms with Gasteiger partial charge in [0.2, 0.25) is 0 Å². The molecule has 1 heterocycles. The fraction of sp³-hybridized carbons (Fsp3) is 0.450. The number of hydrogen-bond acceptors (Lipinski definition) is 4. The molecular formula is C20H25F3N4O3. The Hall–Kier alpha value is -3.04. The minimum absolute atomic E-state index is 0.0546. The lowest BCUT2D eigenvalue weighted by Gasteiger charge is -2.29. The van der Waals surface area contributed by atoms with Gasteiger partial charge in [-0.2, -0.15) is 18.3 Å². The van der Waals surface area contributed by atoms with E-state index in [-0.39, 0.29) is 25.0 Å². The molecule has 0 fully saturated rings. The molecule has 2 N–H and O–H groups in total. The number of aromatic amines is 1. The number of carbonyl (C=O) groups excluding carboxylic acids is 2. The van der Waals surface area contributed by atoms with E-state index in [0.717, 1.165) is 6.20 Å². The Balaban J connectivity index is 2.04. The third-order valence-electron chi connectivity index (χ3n) is 4.60. The van der Waals surface area contributed by atoms with E-state index in [0.29, 0.717) is 24.3 Å². The normalized spacial score (nSPS) is 12.3. The summed E-state index contributed by atoms with van der Waals surface area (Å²) >= 11 is 0. The number of nitrogens with one attached hydrogen (secondary N) is 2. The smallest absolute Gasteiger partial charge is 0.433 e. The molecule has 164 valence electrons. The molecule has 0 saturated heterocycles. The molecule has 7 nitrogen and oxygen atoms in total. The molecule has 2 aromatic rings. The van der Waals surface area contributed by atoms with Crippen molar-refractivity contribution in [3.8, 4) is 5.75 Å². The minimum Gasteiger partial charge on any atom is -0.494 e. The van der Waals surface area contributed by atoms with Crippen LogP contribution in [0.1, 0.15) is 53.6 Å². The van der Waals surface area contributed by atoms with Gasteiger partial charge in [0.15, 0.2) is 5.69 Å². The van der Waals surface area contributed by atoms with Crippen molar-refractivity contribution in [2.75, 3.05) is 19.7 Å². The Kier molecular flexibility index (Phi) is 7.85. The highest BCUT2D eigenvalue weighted by molar-refractivity contribution is 5.96. The quantitative estimate of drug-likeness (QED) is 0.643. The number of amides is 2. The molecule has 1 aromatic heterocycles. The second kappa shape index (κ2) is 10.1. The van der Waals surface area contributed by atoms with Crippen LogP contribution >= 0.6 is 0 Å². The average Bonchev–Trinajstić information content (AvgIpc) is 3.21. The number of benzene rings is 1. The first kappa shape index (κ1) is 23.2. The molecule has 0 spiro atoms. The van der Waals surface area contributed by atoms with Crippen LogP contribution < -0.4 is 10.1 Å². The molecular weight excluding hydrogens is 401 g/mol. The lowest BCUT2D eigenvalue weighted by atomic mass is 10.1. The molecule has 1 unspecified atom stereocenters. The van der Waals surface area contributed by atoms with Gasteiger partial charge in [-0.1, -0.05) is 6.92 Å². The first-order valence-corrected chi connectivity index (χ1v) is 9.61. The van der Waals surface area contributed by atoms with Gasteiger partial charge in [0.1, 0.15) is 5.75 Å². The highest BCUT2D eigenvalue weighted by Gasteiger charge is 2.39. The van der Waals surface area contributed by atoms with E-state index in [1.165, 1.54) is 4.90 Å². The molecule has 0 radical (unpaired) electrons. The number of H-pyrrole nitrogens is 1. The zero-order valence-corrected chi connectivity index (χ0v) is 17.0. The third kappa shape index (κ3) is 5.74. The first-order valence-electron chi connectivity index (χ1n) is 9.61. The Morgan fingerprint density at radius 2 is 1.90 bits per heavy atom. The van der Waals surface area contributed by atoms with Crippen molar-refractivity contribution in [3.63, 3.8) is 0 Å². The summed E-state index contributed by atoms with van der Waals surface area (Å²) in [5, 5.41) is 7.90. The molecule has 0 aliphatic rings. The molecule has 10 heteroatoms. The largest absolute Gasteiger partial charge is 0.494 e. The van der Waals surface area contributed by atoms with Crippen molar-refractivity contribution in [1.82, 2.24) is 20.4 Å². The number of rotatable bonds is 9. The molecule has 2 amide bonds. The van der Waals surface area contributed by atoms with Crippen LogP contribution in [-0.2, 0) is 6.18 Å². The van der Waals surface area contributed by atoms with Crippen LogP contribution in [-0.4, -0.2) is 52.6 Å². The molecule has 0 aliphatic carbocycles. The van der Waals surface area contributed by atoms with Crippen molar-refractivity contribution in [2.24, 2.45) is 0 Å². The van der Waals surface area contributed by atoms with E-state index in [4.69, 9.17) is 4.74 Å². The van der Waals surface area contributed by atoms with Crippen LogP contribution in [0.15, 0.2) is 30.5 Å². The van der Waals surface area contributed by atoms with E-state index < -0.39 is 23.3 Å². The Bertz CT molecular complexity index is 850. The number of nitrogens with zero attached hydrogens (tertiary/aromatic N) is 2. The lowest BCUT2D eigenvalue weighted by molar-refractivity contribution is -0.141. The van der Waals surface area contributed by atoms with Gasteiger partial charge in [0.25, 0.3) is 11.8 Å². The number of halogens is 3. The van der Waals surface area contributed by atoms with Gasteiger partial charge >= 0.3 is 6.18 Å². The highest BCUT2D eigenvalue weighted by atomic mass is 19.4. The lowest BCUT2D eigenvalue weighted by Crippen LogP contribution is -2.43. The van der Waals surface area contributed by atoms with E-state index in [2.05, 4.69) is 10.4 Å². The van der Waals surface area contributed by atoms with Gasteiger partial charge in [-0.25, -0.2) is 0 Å². The summed E-state index contributed by atoms with van der Waals surface area (Å²) in [4.78, 5) is 26.4. The fourth-order valence-electron chi connectivity index (χ4n) is 2.82. The monoisotopic (exact) mass is 426 g/mol. The zero-order valence-electron chi connectivity index (χ0n) is 17.0. The fourth-order valence-corrected chi connectivity index (χ4v) is 2.82. The predicted molar refractivity (Wildman–Crippen MR) is 104 cm³/mol. The summed E-state index contributed by atoms with van der Waals surface area (Å²) in [7, 11) is 0. The molecule has 30 heavy (non-hydrogen) atoms. The predicted octanol–water partition coefficient (Wildman–Crippen LogP) is 3.50. The summed E-state index contributed by atoms with van der Waals surface area (Å²) in [6, 6.07) is 6.24.